The van der Waals surface area contributed by atoms with Crippen LogP contribution in [0.4, 0.5) is 10.5 Å². The fourth-order valence-electron chi connectivity index (χ4n) is 1.76. The van der Waals surface area contributed by atoms with Crippen molar-refractivity contribution >= 4 is 11.7 Å². The number of aliphatic hydroxyl groups excluding tert-OH is 1. The second-order valence-corrected chi connectivity index (χ2v) is 4.83. The van der Waals surface area contributed by atoms with Gasteiger partial charge in [0.15, 0.2) is 0 Å². The summed E-state index contributed by atoms with van der Waals surface area (Å²) in [6.45, 7) is 2.28. The van der Waals surface area contributed by atoms with Crippen LogP contribution in [0.3, 0.4) is 0 Å². The summed E-state index contributed by atoms with van der Waals surface area (Å²) in [5.41, 5.74) is 7.43. The molecule has 1 rings (SSSR count). The van der Waals surface area contributed by atoms with Crippen molar-refractivity contribution in [2.24, 2.45) is 5.73 Å². The van der Waals surface area contributed by atoms with Gasteiger partial charge in [-0.15, -0.1) is 0 Å². The third kappa shape index (κ3) is 5.16. The van der Waals surface area contributed by atoms with E-state index in [-0.39, 0.29) is 25.2 Å². The Balaban J connectivity index is 2.59. The molecule has 0 heterocycles. The van der Waals surface area contributed by atoms with E-state index < -0.39 is 6.10 Å². The van der Waals surface area contributed by atoms with Gasteiger partial charge in [-0.2, -0.15) is 0 Å². The lowest BCUT2D eigenvalue weighted by Crippen LogP contribution is -2.38. The molecule has 0 aromatic heterocycles. The molecule has 2 atom stereocenters. The quantitative estimate of drug-likeness (QED) is 0.730. The highest BCUT2D eigenvalue weighted by Crippen LogP contribution is 2.15. The van der Waals surface area contributed by atoms with E-state index in [1.54, 1.807) is 13.1 Å². The summed E-state index contributed by atoms with van der Waals surface area (Å²) in [7, 11) is 3.12. The third-order valence-electron chi connectivity index (χ3n) is 2.85. The van der Waals surface area contributed by atoms with Crippen molar-refractivity contribution in [3.05, 3.63) is 29.8 Å². The molecular formula is C14H23N3O3. The van der Waals surface area contributed by atoms with Crippen molar-refractivity contribution in [2.45, 2.75) is 19.1 Å². The Morgan fingerprint density at radius 1 is 1.55 bits per heavy atom. The number of carbonyl (C=O) groups is 1. The molecule has 0 aliphatic carbocycles. The Morgan fingerprint density at radius 2 is 2.25 bits per heavy atom. The van der Waals surface area contributed by atoms with E-state index in [4.69, 9.17) is 10.5 Å². The Kier molecular flexibility index (Phi) is 6.44. The zero-order valence-corrected chi connectivity index (χ0v) is 12.2. The van der Waals surface area contributed by atoms with E-state index in [1.165, 1.54) is 12.0 Å². The number of urea groups is 1. The molecule has 1 aromatic carbocycles. The zero-order valence-electron chi connectivity index (χ0n) is 12.2. The number of nitrogens with zero attached hydrogens (tertiary/aromatic N) is 1. The summed E-state index contributed by atoms with van der Waals surface area (Å²) in [6, 6.07) is 7.00. The van der Waals surface area contributed by atoms with E-state index in [1.807, 2.05) is 25.1 Å². The van der Waals surface area contributed by atoms with Gasteiger partial charge < -0.3 is 25.8 Å². The number of rotatable bonds is 6. The molecule has 0 saturated heterocycles. The summed E-state index contributed by atoms with van der Waals surface area (Å²) >= 11 is 0. The van der Waals surface area contributed by atoms with Crippen LogP contribution in [-0.4, -0.2) is 49.5 Å². The van der Waals surface area contributed by atoms with Gasteiger partial charge in [0.2, 0.25) is 0 Å². The highest BCUT2D eigenvalue weighted by atomic mass is 16.5. The van der Waals surface area contributed by atoms with Crippen LogP contribution in [-0.2, 0) is 4.74 Å². The molecule has 112 valence electrons. The number of methoxy groups -OCH3 is 1. The summed E-state index contributed by atoms with van der Waals surface area (Å²) < 4.78 is 4.82. The van der Waals surface area contributed by atoms with Crippen LogP contribution in [0.25, 0.3) is 0 Å². The highest BCUT2D eigenvalue weighted by molar-refractivity contribution is 5.89. The zero-order chi connectivity index (χ0) is 15.1. The van der Waals surface area contributed by atoms with Crippen molar-refractivity contribution in [2.75, 3.05) is 32.6 Å². The molecule has 6 nitrogen and oxygen atoms in total. The van der Waals surface area contributed by atoms with E-state index in [2.05, 4.69) is 5.32 Å². The van der Waals surface area contributed by atoms with Gasteiger partial charge in [0, 0.05) is 25.9 Å². The van der Waals surface area contributed by atoms with Gasteiger partial charge >= 0.3 is 6.03 Å². The number of amides is 2. The van der Waals surface area contributed by atoms with Gasteiger partial charge in [0.05, 0.1) is 19.3 Å². The fraction of sp³-hybridized carbons (Fsp3) is 0.500. The van der Waals surface area contributed by atoms with Gasteiger partial charge in [-0.05, 0) is 24.6 Å². The number of anilines is 1. The van der Waals surface area contributed by atoms with Crippen molar-refractivity contribution in [3.8, 4) is 0 Å². The molecule has 1 aromatic rings. The summed E-state index contributed by atoms with van der Waals surface area (Å²) in [6.07, 6.45) is -0.703. The van der Waals surface area contributed by atoms with Gasteiger partial charge in [0.1, 0.15) is 0 Å². The second-order valence-electron chi connectivity index (χ2n) is 4.83. The lowest BCUT2D eigenvalue weighted by molar-refractivity contribution is 0.0501. The molecule has 0 fully saturated rings. The lowest BCUT2D eigenvalue weighted by atomic mass is 10.1. The van der Waals surface area contributed by atoms with Crippen LogP contribution < -0.4 is 11.1 Å². The van der Waals surface area contributed by atoms with Gasteiger partial charge in [0.25, 0.3) is 0 Å². The number of nitrogens with one attached hydrogen (secondary N) is 1. The molecule has 0 bridgehead atoms. The van der Waals surface area contributed by atoms with Gasteiger partial charge in [-0.25, -0.2) is 4.79 Å². The van der Waals surface area contributed by atoms with Crippen molar-refractivity contribution < 1.29 is 14.6 Å². The molecular weight excluding hydrogens is 258 g/mol. The largest absolute Gasteiger partial charge is 0.389 e. The normalized spacial score (nSPS) is 13.7. The highest BCUT2D eigenvalue weighted by Gasteiger charge is 2.13. The van der Waals surface area contributed by atoms with E-state index >= 15 is 0 Å². The van der Waals surface area contributed by atoms with Crippen LogP contribution in [0.5, 0.6) is 0 Å². The predicted octanol–water partition coefficient (Wildman–Crippen LogP) is 1.18. The molecule has 0 radical (unpaired) electrons. The van der Waals surface area contributed by atoms with Crippen LogP contribution in [0.1, 0.15) is 18.5 Å². The molecule has 0 saturated carbocycles. The maximum Gasteiger partial charge on any atom is 0.321 e. The summed E-state index contributed by atoms with van der Waals surface area (Å²) in [5.74, 6) is 0. The third-order valence-corrected chi connectivity index (χ3v) is 2.85. The van der Waals surface area contributed by atoms with E-state index in [0.717, 1.165) is 5.56 Å². The first-order valence-corrected chi connectivity index (χ1v) is 6.48. The van der Waals surface area contributed by atoms with Gasteiger partial charge in [-0.1, -0.05) is 12.1 Å². The first-order chi connectivity index (χ1) is 9.43. The van der Waals surface area contributed by atoms with Crippen LogP contribution in [0.15, 0.2) is 24.3 Å². The van der Waals surface area contributed by atoms with Crippen molar-refractivity contribution in [1.29, 1.82) is 0 Å². The summed E-state index contributed by atoms with van der Waals surface area (Å²) in [4.78, 5) is 13.4. The fourth-order valence-corrected chi connectivity index (χ4v) is 1.76. The van der Waals surface area contributed by atoms with Crippen LogP contribution in [0.2, 0.25) is 0 Å². The molecule has 0 aliphatic rings. The Hall–Kier alpha value is -1.63. The minimum Gasteiger partial charge on any atom is -0.389 e. The maximum absolute atomic E-state index is 12.0. The molecule has 0 spiro atoms. The standard InChI is InChI=1S/C14H23N3O3/c1-10(15)11-5-4-6-12(7-11)16-14(19)17(2)8-13(18)9-20-3/h4-7,10,13,18H,8-9,15H2,1-3H3,(H,16,19). The van der Waals surface area contributed by atoms with E-state index in [0.29, 0.717) is 5.69 Å². The molecule has 6 heteroatoms. The predicted molar refractivity (Wildman–Crippen MR) is 78.6 cm³/mol. The Labute approximate surface area is 119 Å². The number of hydrogen-bond donors (Lipinski definition) is 3. The smallest absolute Gasteiger partial charge is 0.321 e. The van der Waals surface area contributed by atoms with Crippen molar-refractivity contribution in [3.63, 3.8) is 0 Å². The number of benzene rings is 1. The number of likely N-dealkylation sites (N-methyl/N-ethyl adjacent to an activating group) is 1. The Morgan fingerprint density at radius 3 is 2.85 bits per heavy atom. The number of nitrogens with two attached hydrogens (primary N) is 1. The maximum atomic E-state index is 12.0. The average molecular weight is 281 g/mol. The number of aliphatic hydroxyl groups is 1. The van der Waals surface area contributed by atoms with E-state index in [9.17, 15) is 9.90 Å². The molecule has 2 unspecified atom stereocenters. The van der Waals surface area contributed by atoms with Crippen molar-refractivity contribution in [1.82, 2.24) is 4.90 Å². The number of carbonyl (C=O) groups excluding carboxylic acids is 1. The number of hydrogen-bond acceptors (Lipinski definition) is 4. The first-order valence-electron chi connectivity index (χ1n) is 6.48. The minimum atomic E-state index is -0.703. The summed E-state index contributed by atoms with van der Waals surface area (Å²) in [5, 5.41) is 12.4. The average Bonchev–Trinajstić information content (AvgIpc) is 2.39. The number of ether oxygens (including phenoxy) is 1. The van der Waals surface area contributed by atoms with Gasteiger partial charge in [-0.3, -0.25) is 0 Å². The molecule has 4 N–H and O–H groups in total. The lowest BCUT2D eigenvalue weighted by Gasteiger charge is -2.21. The monoisotopic (exact) mass is 281 g/mol. The molecule has 20 heavy (non-hydrogen) atoms. The first kappa shape index (κ1) is 16.4. The minimum absolute atomic E-state index is 0.0897. The second kappa shape index (κ2) is 7.84. The molecule has 0 aliphatic heterocycles. The molecule has 2 amide bonds. The van der Waals surface area contributed by atoms with Crippen LogP contribution in [0, 0.1) is 0 Å². The van der Waals surface area contributed by atoms with Crippen LogP contribution >= 0.6 is 0 Å². The Bertz CT molecular complexity index is 437. The SMILES string of the molecule is COCC(O)CN(C)C(=O)Nc1cccc(C(C)N)c1. The topological polar surface area (TPSA) is 87.8 Å².